The van der Waals surface area contributed by atoms with Crippen LogP contribution < -0.4 is 9.50 Å². The Kier molecular flexibility index (Phi) is 7.77. The van der Waals surface area contributed by atoms with E-state index < -0.39 is 22.0 Å². The fraction of sp³-hybridized carbons (Fsp3) is 0.316. The molecular formula is C19H23FN2O5S. The van der Waals surface area contributed by atoms with Crippen LogP contribution in [-0.4, -0.2) is 45.4 Å². The van der Waals surface area contributed by atoms with Gasteiger partial charge in [0.2, 0.25) is 0 Å². The van der Waals surface area contributed by atoms with Crippen LogP contribution in [0.2, 0.25) is 0 Å². The van der Waals surface area contributed by atoms with Gasteiger partial charge in [-0.3, -0.25) is 0 Å². The lowest BCUT2D eigenvalue weighted by atomic mass is 10.2. The molecule has 2 aromatic rings. The van der Waals surface area contributed by atoms with Gasteiger partial charge >= 0.3 is 16.1 Å². The van der Waals surface area contributed by atoms with Crippen LogP contribution in [0.5, 0.6) is 5.75 Å². The number of hydrogen-bond acceptors (Lipinski definition) is 5. The van der Waals surface area contributed by atoms with Gasteiger partial charge in [0, 0.05) is 25.9 Å². The second-order valence-corrected chi connectivity index (χ2v) is 7.79. The van der Waals surface area contributed by atoms with Crippen LogP contribution in [-0.2, 0) is 21.4 Å². The number of amides is 2. The maximum Gasteiger partial charge on any atom is 0.322 e. The summed E-state index contributed by atoms with van der Waals surface area (Å²) in [6, 6.07) is 11.6. The summed E-state index contributed by atoms with van der Waals surface area (Å²) in [5.74, 6) is -0.424. The first-order valence-electron chi connectivity index (χ1n) is 8.64. The Hall–Kier alpha value is -2.65. The number of nitrogens with one attached hydrogen (secondary N) is 1. The standard InChI is InChI=1S/C19H23FN2O5S/c1-3-28(24,25)27-18-9-4-6-15(12-18)14-22(10-11-26-2)19(23)21-17-8-5-7-16(20)13-17/h4-9,12-13H,3,10-11,14H2,1-2H3,(H,21,23). The lowest BCUT2D eigenvalue weighted by molar-refractivity contribution is 0.153. The van der Waals surface area contributed by atoms with Gasteiger partial charge in [-0.1, -0.05) is 18.2 Å². The summed E-state index contributed by atoms with van der Waals surface area (Å²) >= 11 is 0. The molecule has 0 heterocycles. The van der Waals surface area contributed by atoms with E-state index in [1.807, 2.05) is 0 Å². The minimum Gasteiger partial charge on any atom is -0.383 e. The third-order valence-electron chi connectivity index (χ3n) is 3.78. The van der Waals surface area contributed by atoms with Gasteiger partial charge in [0.05, 0.1) is 12.4 Å². The van der Waals surface area contributed by atoms with Crippen LogP contribution >= 0.6 is 0 Å². The van der Waals surface area contributed by atoms with Gasteiger partial charge in [0.25, 0.3) is 0 Å². The maximum atomic E-state index is 13.3. The van der Waals surface area contributed by atoms with Crippen LogP contribution in [0.3, 0.4) is 0 Å². The van der Waals surface area contributed by atoms with E-state index in [1.165, 1.54) is 43.2 Å². The molecule has 0 fully saturated rings. The van der Waals surface area contributed by atoms with Gasteiger partial charge in [-0.2, -0.15) is 8.42 Å². The number of ether oxygens (including phenoxy) is 1. The summed E-state index contributed by atoms with van der Waals surface area (Å²) in [7, 11) is -2.12. The maximum absolute atomic E-state index is 13.3. The highest BCUT2D eigenvalue weighted by atomic mass is 32.2. The summed E-state index contributed by atoms with van der Waals surface area (Å²) in [5.41, 5.74) is 1.01. The molecule has 0 unspecified atom stereocenters. The van der Waals surface area contributed by atoms with Crippen molar-refractivity contribution in [2.75, 3.05) is 31.3 Å². The minimum absolute atomic E-state index is 0.146. The van der Waals surface area contributed by atoms with Crippen molar-refractivity contribution in [2.45, 2.75) is 13.5 Å². The SMILES string of the molecule is CCS(=O)(=O)Oc1cccc(CN(CCOC)C(=O)Nc2cccc(F)c2)c1. The molecule has 0 bridgehead atoms. The predicted molar refractivity (Wildman–Crippen MR) is 104 cm³/mol. The van der Waals surface area contributed by atoms with Crippen molar-refractivity contribution in [3.8, 4) is 5.75 Å². The molecule has 0 radical (unpaired) electrons. The first kappa shape index (κ1) is 21.6. The molecule has 152 valence electrons. The summed E-state index contributed by atoms with van der Waals surface area (Å²) < 4.78 is 46.7. The Morgan fingerprint density at radius 2 is 1.93 bits per heavy atom. The topological polar surface area (TPSA) is 84.9 Å². The van der Waals surface area contributed by atoms with E-state index in [9.17, 15) is 17.6 Å². The molecule has 0 spiro atoms. The van der Waals surface area contributed by atoms with Gasteiger partial charge in [-0.25, -0.2) is 9.18 Å². The number of nitrogens with zero attached hydrogens (tertiary/aromatic N) is 1. The normalized spacial score (nSPS) is 11.1. The molecule has 9 heteroatoms. The summed E-state index contributed by atoms with van der Waals surface area (Å²) in [6.07, 6.45) is 0. The second kappa shape index (κ2) is 10.0. The van der Waals surface area contributed by atoms with E-state index >= 15 is 0 Å². The number of rotatable bonds is 9. The lowest BCUT2D eigenvalue weighted by Gasteiger charge is -2.23. The first-order chi connectivity index (χ1) is 13.3. The van der Waals surface area contributed by atoms with Crippen molar-refractivity contribution in [1.82, 2.24) is 4.90 Å². The van der Waals surface area contributed by atoms with Gasteiger partial charge in [-0.05, 0) is 42.8 Å². The smallest absolute Gasteiger partial charge is 0.322 e. The largest absolute Gasteiger partial charge is 0.383 e. The number of carbonyl (C=O) groups excluding carboxylic acids is 1. The van der Waals surface area contributed by atoms with Crippen molar-refractivity contribution in [1.29, 1.82) is 0 Å². The van der Waals surface area contributed by atoms with Crippen molar-refractivity contribution in [2.24, 2.45) is 0 Å². The van der Waals surface area contributed by atoms with E-state index in [4.69, 9.17) is 8.92 Å². The molecule has 28 heavy (non-hydrogen) atoms. The summed E-state index contributed by atoms with van der Waals surface area (Å²) in [4.78, 5) is 14.1. The van der Waals surface area contributed by atoms with Gasteiger partial charge in [0.15, 0.2) is 0 Å². The van der Waals surface area contributed by atoms with Crippen molar-refractivity contribution in [3.63, 3.8) is 0 Å². The molecule has 0 aromatic heterocycles. The molecule has 0 saturated heterocycles. The number of urea groups is 1. The average molecular weight is 410 g/mol. The fourth-order valence-electron chi connectivity index (χ4n) is 2.34. The highest BCUT2D eigenvalue weighted by molar-refractivity contribution is 7.87. The van der Waals surface area contributed by atoms with Crippen molar-refractivity contribution >= 4 is 21.8 Å². The van der Waals surface area contributed by atoms with Crippen LogP contribution in [0.15, 0.2) is 48.5 Å². The first-order valence-corrected chi connectivity index (χ1v) is 10.2. The summed E-state index contributed by atoms with van der Waals surface area (Å²) in [5, 5.41) is 2.64. The molecule has 1 N–H and O–H groups in total. The van der Waals surface area contributed by atoms with Gasteiger partial charge in [-0.15, -0.1) is 0 Å². The van der Waals surface area contributed by atoms with E-state index in [0.29, 0.717) is 17.9 Å². The van der Waals surface area contributed by atoms with E-state index in [-0.39, 0.29) is 24.6 Å². The molecule has 0 aliphatic rings. The van der Waals surface area contributed by atoms with Crippen LogP contribution in [0, 0.1) is 5.82 Å². The Morgan fingerprint density at radius 3 is 2.61 bits per heavy atom. The predicted octanol–water partition coefficient (Wildman–Crippen LogP) is 3.23. The monoisotopic (exact) mass is 410 g/mol. The zero-order chi connectivity index (χ0) is 20.6. The zero-order valence-electron chi connectivity index (χ0n) is 15.7. The number of carbonyl (C=O) groups is 1. The highest BCUT2D eigenvalue weighted by Gasteiger charge is 2.16. The Balaban J connectivity index is 2.14. The molecular weight excluding hydrogens is 387 g/mol. The minimum atomic E-state index is -3.64. The molecule has 0 saturated carbocycles. The Bertz CT molecular complexity index is 905. The van der Waals surface area contributed by atoms with E-state index in [0.717, 1.165) is 0 Å². The number of methoxy groups -OCH3 is 1. The van der Waals surface area contributed by atoms with Crippen LogP contribution in [0.4, 0.5) is 14.9 Å². The van der Waals surface area contributed by atoms with Gasteiger partial charge < -0.3 is 19.1 Å². The zero-order valence-corrected chi connectivity index (χ0v) is 16.5. The van der Waals surface area contributed by atoms with Crippen molar-refractivity contribution in [3.05, 3.63) is 59.9 Å². The molecule has 0 aliphatic heterocycles. The van der Waals surface area contributed by atoms with Crippen LogP contribution in [0.1, 0.15) is 12.5 Å². The fourth-order valence-corrected chi connectivity index (χ4v) is 2.86. The van der Waals surface area contributed by atoms with Crippen molar-refractivity contribution < 1.29 is 26.5 Å². The number of halogens is 1. The quantitative estimate of drug-likeness (QED) is 0.642. The number of hydrogen-bond donors (Lipinski definition) is 1. The molecule has 0 atom stereocenters. The highest BCUT2D eigenvalue weighted by Crippen LogP contribution is 2.18. The van der Waals surface area contributed by atoms with E-state index in [1.54, 1.807) is 24.3 Å². The third kappa shape index (κ3) is 6.82. The molecule has 2 aromatic carbocycles. The van der Waals surface area contributed by atoms with Crippen LogP contribution in [0.25, 0.3) is 0 Å². The Morgan fingerprint density at radius 1 is 1.18 bits per heavy atom. The third-order valence-corrected chi connectivity index (χ3v) is 4.93. The average Bonchev–Trinajstić information content (AvgIpc) is 2.65. The number of anilines is 1. The molecule has 7 nitrogen and oxygen atoms in total. The second-order valence-electron chi connectivity index (χ2n) is 5.93. The molecule has 0 aliphatic carbocycles. The molecule has 2 amide bonds. The molecule has 2 rings (SSSR count). The number of benzene rings is 2. The van der Waals surface area contributed by atoms with Gasteiger partial charge in [0.1, 0.15) is 11.6 Å². The summed E-state index contributed by atoms with van der Waals surface area (Å²) in [6.45, 7) is 2.27. The Labute approximate surface area is 164 Å². The lowest BCUT2D eigenvalue weighted by Crippen LogP contribution is -2.36. The van der Waals surface area contributed by atoms with E-state index in [2.05, 4.69) is 5.32 Å².